The molecule has 0 bridgehead atoms. The molecule has 1 aromatic carbocycles. The Bertz CT molecular complexity index is 595. The second-order valence-corrected chi connectivity index (χ2v) is 4.64. The summed E-state index contributed by atoms with van der Waals surface area (Å²) in [4.78, 5) is 11.7. The average Bonchev–Trinajstić information content (AvgIpc) is 2.46. The Morgan fingerprint density at radius 3 is 2.80 bits per heavy atom. The van der Waals surface area contributed by atoms with Gasteiger partial charge in [0.2, 0.25) is 5.91 Å². The van der Waals surface area contributed by atoms with E-state index in [0.29, 0.717) is 17.7 Å². The van der Waals surface area contributed by atoms with Gasteiger partial charge in [-0.15, -0.1) is 0 Å². The maximum absolute atomic E-state index is 11.7. The van der Waals surface area contributed by atoms with E-state index >= 15 is 0 Å². The molecule has 20 heavy (non-hydrogen) atoms. The zero-order valence-electron chi connectivity index (χ0n) is 11.0. The lowest BCUT2D eigenvalue weighted by Gasteiger charge is -2.23. The molecule has 0 spiro atoms. The number of benzene rings is 1. The molecule has 0 radical (unpaired) electrons. The van der Waals surface area contributed by atoms with Crippen molar-refractivity contribution < 1.29 is 4.79 Å². The van der Waals surface area contributed by atoms with Gasteiger partial charge in [-0.3, -0.25) is 4.79 Å². The number of nitrogens with one attached hydrogen (secondary N) is 2. The molecule has 1 aliphatic heterocycles. The summed E-state index contributed by atoms with van der Waals surface area (Å²) in [6, 6.07) is 8.70. The van der Waals surface area contributed by atoms with E-state index in [4.69, 9.17) is 11.0 Å². The number of carbonyl (C=O) groups excluding carboxylic acids is 1. The minimum atomic E-state index is -0.294. The van der Waals surface area contributed by atoms with Gasteiger partial charge in [-0.05, 0) is 30.5 Å². The van der Waals surface area contributed by atoms with Crippen LogP contribution in [0.2, 0.25) is 0 Å². The van der Waals surface area contributed by atoms with E-state index in [1.807, 2.05) is 6.07 Å². The number of hydrogen-bond acceptors (Lipinski definition) is 4. The molecule has 1 unspecified atom stereocenters. The van der Waals surface area contributed by atoms with Gasteiger partial charge in [-0.25, -0.2) is 0 Å². The van der Waals surface area contributed by atoms with Gasteiger partial charge < -0.3 is 16.4 Å². The minimum Gasteiger partial charge on any atom is -0.397 e. The Morgan fingerprint density at radius 1 is 1.50 bits per heavy atom. The topological polar surface area (TPSA) is 90.9 Å². The van der Waals surface area contributed by atoms with Crippen LogP contribution in [0.4, 0.5) is 0 Å². The molecule has 1 heterocycles. The molecule has 4 N–H and O–H groups in total. The van der Waals surface area contributed by atoms with Gasteiger partial charge in [0.05, 0.1) is 17.3 Å². The SMILES string of the molecule is C=C1CCC(N/C=C(\N)c2ccc(C#N)cc2)C(=O)N1. The lowest BCUT2D eigenvalue weighted by molar-refractivity contribution is -0.123. The van der Waals surface area contributed by atoms with Crippen molar-refractivity contribution in [2.45, 2.75) is 18.9 Å². The molecule has 1 saturated heterocycles. The first-order valence-corrected chi connectivity index (χ1v) is 6.31. The standard InChI is InChI=1S/C15H16N4O/c1-10-2-7-14(15(20)19-10)18-9-13(17)12-5-3-11(8-16)4-6-12/h3-6,9,14,18H,1-2,7,17H2,(H,19,20)/b13-9-. The first-order valence-electron chi connectivity index (χ1n) is 6.31. The molecule has 2 rings (SSSR count). The summed E-state index contributed by atoms with van der Waals surface area (Å²) < 4.78 is 0. The zero-order valence-corrected chi connectivity index (χ0v) is 11.0. The van der Waals surface area contributed by atoms with Gasteiger partial charge >= 0.3 is 0 Å². The molecular formula is C15H16N4O. The Kier molecular flexibility index (Phi) is 4.06. The summed E-state index contributed by atoms with van der Waals surface area (Å²) in [5, 5.41) is 14.5. The third-order valence-electron chi connectivity index (χ3n) is 3.14. The van der Waals surface area contributed by atoms with Crippen molar-refractivity contribution in [2.75, 3.05) is 0 Å². The Labute approximate surface area is 117 Å². The van der Waals surface area contributed by atoms with Crippen LogP contribution in [0.15, 0.2) is 42.7 Å². The lowest BCUT2D eigenvalue weighted by Crippen LogP contribution is -2.45. The van der Waals surface area contributed by atoms with E-state index in [0.717, 1.165) is 17.7 Å². The van der Waals surface area contributed by atoms with Crippen molar-refractivity contribution in [3.05, 3.63) is 53.9 Å². The molecule has 102 valence electrons. The van der Waals surface area contributed by atoms with Gasteiger partial charge in [0.25, 0.3) is 0 Å². The van der Waals surface area contributed by atoms with E-state index in [9.17, 15) is 4.79 Å². The van der Waals surface area contributed by atoms with E-state index in [2.05, 4.69) is 17.2 Å². The summed E-state index contributed by atoms with van der Waals surface area (Å²) in [5.41, 5.74) is 8.60. The van der Waals surface area contributed by atoms with Crippen LogP contribution >= 0.6 is 0 Å². The Balaban J connectivity index is 2.01. The van der Waals surface area contributed by atoms with Crippen LogP contribution in [0.25, 0.3) is 5.70 Å². The molecule has 1 atom stereocenters. The number of allylic oxidation sites excluding steroid dienone is 1. The summed E-state index contributed by atoms with van der Waals surface area (Å²) >= 11 is 0. The van der Waals surface area contributed by atoms with E-state index in [1.165, 1.54) is 0 Å². The van der Waals surface area contributed by atoms with Crippen molar-refractivity contribution in [2.24, 2.45) is 5.73 Å². The van der Waals surface area contributed by atoms with Crippen molar-refractivity contribution in [3.63, 3.8) is 0 Å². The number of carbonyl (C=O) groups is 1. The fourth-order valence-electron chi connectivity index (χ4n) is 1.94. The van der Waals surface area contributed by atoms with Gasteiger partial charge in [0.15, 0.2) is 0 Å². The number of amides is 1. The number of rotatable bonds is 3. The summed E-state index contributed by atoms with van der Waals surface area (Å²) in [7, 11) is 0. The number of nitrogens with zero attached hydrogens (tertiary/aromatic N) is 1. The molecule has 0 aliphatic carbocycles. The highest BCUT2D eigenvalue weighted by atomic mass is 16.2. The quantitative estimate of drug-likeness (QED) is 0.768. The van der Waals surface area contributed by atoms with Crippen molar-refractivity contribution in [3.8, 4) is 6.07 Å². The van der Waals surface area contributed by atoms with Crippen LogP contribution in [0.5, 0.6) is 0 Å². The van der Waals surface area contributed by atoms with E-state index in [1.54, 1.807) is 30.5 Å². The first-order chi connectivity index (χ1) is 9.60. The fourth-order valence-corrected chi connectivity index (χ4v) is 1.94. The third-order valence-corrected chi connectivity index (χ3v) is 3.14. The van der Waals surface area contributed by atoms with Crippen LogP contribution in [0.1, 0.15) is 24.0 Å². The maximum atomic E-state index is 11.7. The van der Waals surface area contributed by atoms with Crippen molar-refractivity contribution >= 4 is 11.6 Å². The summed E-state index contributed by atoms with van der Waals surface area (Å²) in [5.74, 6) is -0.0925. The molecule has 0 aromatic heterocycles. The Morgan fingerprint density at radius 2 is 2.20 bits per heavy atom. The second kappa shape index (κ2) is 5.93. The molecule has 1 amide bonds. The van der Waals surface area contributed by atoms with Gasteiger partial charge in [-0.2, -0.15) is 5.26 Å². The smallest absolute Gasteiger partial charge is 0.246 e. The van der Waals surface area contributed by atoms with Crippen LogP contribution in [0, 0.1) is 11.3 Å². The van der Waals surface area contributed by atoms with Crippen LogP contribution in [0.3, 0.4) is 0 Å². The van der Waals surface area contributed by atoms with E-state index in [-0.39, 0.29) is 11.9 Å². The lowest BCUT2D eigenvalue weighted by atomic mass is 10.0. The number of piperidine rings is 1. The minimum absolute atomic E-state index is 0.0925. The van der Waals surface area contributed by atoms with Gasteiger partial charge in [-0.1, -0.05) is 18.7 Å². The van der Waals surface area contributed by atoms with Crippen LogP contribution < -0.4 is 16.4 Å². The second-order valence-electron chi connectivity index (χ2n) is 4.64. The molecular weight excluding hydrogens is 252 g/mol. The predicted octanol–water partition coefficient (Wildman–Crippen LogP) is 1.20. The molecule has 5 nitrogen and oxygen atoms in total. The number of hydrogen-bond donors (Lipinski definition) is 3. The number of nitriles is 1. The molecule has 5 heteroatoms. The Hall–Kier alpha value is -2.74. The van der Waals surface area contributed by atoms with E-state index < -0.39 is 0 Å². The summed E-state index contributed by atoms with van der Waals surface area (Å²) in [6.45, 7) is 3.73. The maximum Gasteiger partial charge on any atom is 0.246 e. The summed E-state index contributed by atoms with van der Waals surface area (Å²) in [6.07, 6.45) is 3.08. The molecule has 1 aliphatic rings. The predicted molar refractivity (Wildman–Crippen MR) is 76.8 cm³/mol. The highest BCUT2D eigenvalue weighted by Gasteiger charge is 2.22. The first kappa shape index (κ1) is 13.7. The largest absolute Gasteiger partial charge is 0.397 e. The zero-order chi connectivity index (χ0) is 14.5. The fraction of sp³-hybridized carbons (Fsp3) is 0.200. The normalized spacial score (nSPS) is 19.1. The van der Waals surface area contributed by atoms with Gasteiger partial charge in [0, 0.05) is 11.9 Å². The monoisotopic (exact) mass is 268 g/mol. The highest BCUT2D eigenvalue weighted by Crippen LogP contribution is 2.12. The highest BCUT2D eigenvalue weighted by molar-refractivity contribution is 5.84. The number of nitrogens with two attached hydrogens (primary N) is 1. The molecule has 0 saturated carbocycles. The third kappa shape index (κ3) is 3.18. The van der Waals surface area contributed by atoms with Crippen molar-refractivity contribution in [1.29, 1.82) is 5.26 Å². The average molecular weight is 268 g/mol. The van der Waals surface area contributed by atoms with Gasteiger partial charge in [0.1, 0.15) is 6.04 Å². The molecule has 1 aromatic rings. The molecule has 1 fully saturated rings. The van der Waals surface area contributed by atoms with Crippen LogP contribution in [-0.4, -0.2) is 11.9 Å². The van der Waals surface area contributed by atoms with Crippen LogP contribution in [-0.2, 0) is 4.79 Å². The van der Waals surface area contributed by atoms with Crippen molar-refractivity contribution in [1.82, 2.24) is 10.6 Å².